The summed E-state index contributed by atoms with van der Waals surface area (Å²) in [5.41, 5.74) is 2.66. The van der Waals surface area contributed by atoms with Gasteiger partial charge in [-0.15, -0.1) is 0 Å². The van der Waals surface area contributed by atoms with Gasteiger partial charge in [0.05, 0.1) is 24.7 Å². The van der Waals surface area contributed by atoms with Crippen LogP contribution in [-0.2, 0) is 25.0 Å². The number of carbonyl (C=O) groups excluding carboxylic acids is 2. The third-order valence-electron chi connectivity index (χ3n) is 7.73. The fraction of sp³-hybridized carbons (Fsp3) is 0.324. The maximum absolute atomic E-state index is 13.6. The maximum Gasteiger partial charge on any atom is 0.296 e. The summed E-state index contributed by atoms with van der Waals surface area (Å²) >= 11 is 0. The molecule has 0 radical (unpaired) electrons. The van der Waals surface area contributed by atoms with Gasteiger partial charge in [-0.25, -0.2) is 13.4 Å². The third kappa shape index (κ3) is 7.43. The van der Waals surface area contributed by atoms with Gasteiger partial charge in [0.1, 0.15) is 5.82 Å². The van der Waals surface area contributed by atoms with Crippen molar-refractivity contribution in [1.82, 2.24) is 4.98 Å². The molecule has 236 valence electrons. The summed E-state index contributed by atoms with van der Waals surface area (Å²) in [6.07, 6.45) is 4.70. The number of hydrogen-bond acceptors (Lipinski definition) is 8. The summed E-state index contributed by atoms with van der Waals surface area (Å²) in [6.45, 7) is 7.34. The zero-order valence-electron chi connectivity index (χ0n) is 26.1. The van der Waals surface area contributed by atoms with Crippen LogP contribution in [0.15, 0.2) is 66.9 Å². The van der Waals surface area contributed by atoms with E-state index in [2.05, 4.69) is 20.3 Å². The van der Waals surface area contributed by atoms with Crippen molar-refractivity contribution in [1.29, 1.82) is 0 Å². The number of sulfonamides is 1. The minimum absolute atomic E-state index is 0.0945. The number of pyridine rings is 1. The second-order valence-electron chi connectivity index (χ2n) is 12.2. The number of benzene rings is 3. The lowest BCUT2D eigenvalue weighted by Crippen LogP contribution is -2.28. The number of ether oxygens (including phenoxy) is 2. The molecule has 1 fully saturated rings. The van der Waals surface area contributed by atoms with Crippen LogP contribution in [0.2, 0.25) is 0 Å². The summed E-state index contributed by atoms with van der Waals surface area (Å²) in [4.78, 5) is 31.7. The number of rotatable bonds is 9. The number of aromatic nitrogens is 1. The average molecular weight is 631 g/mol. The van der Waals surface area contributed by atoms with Gasteiger partial charge in [-0.2, -0.15) is 0 Å². The predicted octanol–water partition coefficient (Wildman–Crippen LogP) is 5.99. The highest BCUT2D eigenvalue weighted by Gasteiger charge is 2.25. The van der Waals surface area contributed by atoms with E-state index in [-0.39, 0.29) is 22.7 Å². The van der Waals surface area contributed by atoms with Crippen molar-refractivity contribution in [2.45, 2.75) is 45.1 Å². The molecule has 1 saturated heterocycles. The first kappa shape index (κ1) is 31.9. The largest absolute Gasteiger partial charge is 0.492 e. The summed E-state index contributed by atoms with van der Waals surface area (Å²) in [6, 6.07) is 18.5. The maximum atomic E-state index is 13.6. The van der Waals surface area contributed by atoms with Crippen molar-refractivity contribution in [3.8, 4) is 16.9 Å². The molecule has 1 aliphatic heterocycles. The topological polar surface area (TPSA) is 136 Å². The molecule has 1 aromatic heterocycles. The molecule has 4 aromatic rings. The Kier molecular flexibility index (Phi) is 9.13. The van der Waals surface area contributed by atoms with E-state index in [4.69, 9.17) is 9.47 Å². The Balaban J connectivity index is 1.45. The van der Waals surface area contributed by atoms with Crippen molar-refractivity contribution in [2.24, 2.45) is 0 Å². The highest BCUT2D eigenvalue weighted by molar-refractivity contribution is 7.92. The van der Waals surface area contributed by atoms with Crippen LogP contribution >= 0.6 is 0 Å². The van der Waals surface area contributed by atoms with Gasteiger partial charge in [0.2, 0.25) is 10.0 Å². The van der Waals surface area contributed by atoms with E-state index in [9.17, 15) is 18.0 Å². The Hall–Kier alpha value is -4.48. The van der Waals surface area contributed by atoms with Crippen LogP contribution in [0.1, 0.15) is 49.5 Å². The van der Waals surface area contributed by atoms with Gasteiger partial charge in [0.25, 0.3) is 11.7 Å². The zero-order chi connectivity index (χ0) is 32.4. The number of amides is 1. The van der Waals surface area contributed by atoms with Crippen LogP contribution in [-0.4, -0.2) is 57.7 Å². The first-order valence-electron chi connectivity index (χ1n) is 14.7. The second-order valence-corrected chi connectivity index (χ2v) is 13.9. The Morgan fingerprint density at radius 2 is 1.64 bits per heavy atom. The predicted molar refractivity (Wildman–Crippen MR) is 178 cm³/mol. The Bertz CT molecular complexity index is 1840. The number of fused-ring (bicyclic) bond motifs is 1. The van der Waals surface area contributed by atoms with Gasteiger partial charge in [-0.1, -0.05) is 51.1 Å². The molecule has 0 saturated carbocycles. The molecule has 1 aliphatic rings. The standard InChI is InChI=1S/C34H38N4O6S/c1-34(2,3)22-18-28(32(43-4)29(19-22)38-45(5,41)42)37-33(40)31(39)27-12-11-24(25-8-6-7-9-26(25)27)21-10-13-30(35-20-21)36-23-14-16-44-17-15-23/h6-13,18-20,23,38H,14-17H2,1-5H3,(H,35,36)(H,37,40). The lowest BCUT2D eigenvalue weighted by Gasteiger charge is -2.24. The van der Waals surface area contributed by atoms with Crippen molar-refractivity contribution >= 4 is 49.7 Å². The van der Waals surface area contributed by atoms with Crippen LogP contribution in [0.5, 0.6) is 5.75 Å². The van der Waals surface area contributed by atoms with Crippen LogP contribution < -0.4 is 20.1 Å². The van der Waals surface area contributed by atoms with Gasteiger partial charge < -0.3 is 20.1 Å². The number of carbonyl (C=O) groups is 2. The number of methoxy groups -OCH3 is 1. The van der Waals surface area contributed by atoms with Crippen LogP contribution in [0.3, 0.4) is 0 Å². The SMILES string of the molecule is COc1c(NC(=O)C(=O)c2ccc(-c3ccc(NC4CCOCC4)nc3)c3ccccc23)cc(C(C)(C)C)cc1NS(C)(=O)=O. The first-order valence-corrected chi connectivity index (χ1v) is 16.6. The second kappa shape index (κ2) is 12.9. The smallest absolute Gasteiger partial charge is 0.296 e. The fourth-order valence-electron chi connectivity index (χ4n) is 5.39. The third-order valence-corrected chi connectivity index (χ3v) is 8.32. The van der Waals surface area contributed by atoms with Crippen molar-refractivity contribution < 1.29 is 27.5 Å². The lowest BCUT2D eigenvalue weighted by molar-refractivity contribution is -0.112. The molecule has 45 heavy (non-hydrogen) atoms. The molecule has 0 aliphatic carbocycles. The quantitative estimate of drug-likeness (QED) is 0.152. The molecular formula is C34H38N4O6S. The molecule has 0 atom stereocenters. The molecule has 5 rings (SSSR count). The van der Waals surface area contributed by atoms with Crippen molar-refractivity contribution in [3.63, 3.8) is 0 Å². The van der Waals surface area contributed by atoms with Gasteiger partial charge in [-0.05, 0) is 70.5 Å². The Labute approximate surface area is 263 Å². The molecule has 1 amide bonds. The van der Waals surface area contributed by atoms with E-state index in [0.717, 1.165) is 60.2 Å². The van der Waals surface area contributed by atoms with Gasteiger partial charge in [0.15, 0.2) is 5.75 Å². The van der Waals surface area contributed by atoms with Gasteiger partial charge >= 0.3 is 0 Å². The molecule has 2 heterocycles. The molecule has 10 nitrogen and oxygen atoms in total. The number of Topliss-reactive ketones (excluding diaryl/α,β-unsaturated/α-hetero) is 1. The van der Waals surface area contributed by atoms with E-state index in [0.29, 0.717) is 11.4 Å². The minimum Gasteiger partial charge on any atom is -0.492 e. The van der Waals surface area contributed by atoms with E-state index < -0.39 is 27.1 Å². The molecule has 11 heteroatoms. The molecule has 0 spiro atoms. The first-order chi connectivity index (χ1) is 21.3. The summed E-state index contributed by atoms with van der Waals surface area (Å²) < 4.78 is 37.6. The van der Waals surface area contributed by atoms with E-state index in [1.54, 1.807) is 24.4 Å². The summed E-state index contributed by atoms with van der Waals surface area (Å²) in [5, 5.41) is 7.56. The summed E-state index contributed by atoms with van der Waals surface area (Å²) in [7, 11) is -2.29. The van der Waals surface area contributed by atoms with E-state index >= 15 is 0 Å². The zero-order valence-corrected chi connectivity index (χ0v) is 26.9. The molecule has 3 N–H and O–H groups in total. The van der Waals surface area contributed by atoms with Crippen LogP contribution in [0.25, 0.3) is 21.9 Å². The summed E-state index contributed by atoms with van der Waals surface area (Å²) in [5.74, 6) is -0.739. The van der Waals surface area contributed by atoms with Crippen molar-refractivity contribution in [3.05, 3.63) is 78.0 Å². The average Bonchev–Trinajstić information content (AvgIpc) is 3.00. The number of nitrogens with one attached hydrogen (secondary N) is 3. The Morgan fingerprint density at radius 1 is 0.956 bits per heavy atom. The highest BCUT2D eigenvalue weighted by Crippen LogP contribution is 2.39. The number of nitrogens with zero attached hydrogens (tertiary/aromatic N) is 1. The fourth-order valence-corrected chi connectivity index (χ4v) is 5.94. The van der Waals surface area contributed by atoms with Crippen molar-refractivity contribution in [2.75, 3.05) is 41.9 Å². The molecular weight excluding hydrogens is 592 g/mol. The number of anilines is 3. The van der Waals surface area contributed by atoms with E-state index in [1.165, 1.54) is 7.11 Å². The molecule has 0 bridgehead atoms. The lowest BCUT2D eigenvalue weighted by atomic mass is 9.86. The molecule has 0 unspecified atom stereocenters. The normalized spacial score (nSPS) is 14.2. The van der Waals surface area contributed by atoms with Crippen LogP contribution in [0, 0.1) is 0 Å². The van der Waals surface area contributed by atoms with Gasteiger partial charge in [-0.3, -0.25) is 14.3 Å². The van der Waals surface area contributed by atoms with E-state index in [1.807, 2.05) is 63.2 Å². The highest BCUT2D eigenvalue weighted by atomic mass is 32.2. The van der Waals surface area contributed by atoms with Crippen LogP contribution in [0.4, 0.5) is 17.2 Å². The van der Waals surface area contributed by atoms with Gasteiger partial charge in [0, 0.05) is 36.6 Å². The number of ketones is 1. The monoisotopic (exact) mass is 630 g/mol. The number of hydrogen-bond donors (Lipinski definition) is 3. The molecule has 3 aromatic carbocycles. The minimum atomic E-state index is -3.66. The Morgan fingerprint density at radius 3 is 2.27 bits per heavy atom.